The highest BCUT2D eigenvalue weighted by molar-refractivity contribution is 5.33. The van der Waals surface area contributed by atoms with E-state index >= 15 is 0 Å². The standard InChI is InChI=1S/C18H32N2O/c1-14(2)20(15(3)4)12-11-19-16(5)13-17-9-7-8-10-18(17)21-6/h7-10,14-16,19H,11-13H2,1-6H3. The first-order valence-electron chi connectivity index (χ1n) is 8.06. The van der Waals surface area contributed by atoms with E-state index in [0.717, 1.165) is 25.3 Å². The highest BCUT2D eigenvalue weighted by Gasteiger charge is 2.13. The monoisotopic (exact) mass is 292 g/mol. The van der Waals surface area contributed by atoms with Crippen molar-refractivity contribution in [1.82, 2.24) is 10.2 Å². The Balaban J connectivity index is 2.42. The van der Waals surface area contributed by atoms with Crippen LogP contribution in [0, 0.1) is 0 Å². The Hall–Kier alpha value is -1.06. The smallest absolute Gasteiger partial charge is 0.122 e. The quantitative estimate of drug-likeness (QED) is 0.755. The summed E-state index contributed by atoms with van der Waals surface area (Å²) in [5.74, 6) is 0.983. The summed E-state index contributed by atoms with van der Waals surface area (Å²) in [5, 5.41) is 3.63. The fourth-order valence-corrected chi connectivity index (χ4v) is 2.83. The van der Waals surface area contributed by atoms with Crippen molar-refractivity contribution in [3.63, 3.8) is 0 Å². The topological polar surface area (TPSA) is 24.5 Å². The Kier molecular flexibility index (Phi) is 7.76. The minimum Gasteiger partial charge on any atom is -0.496 e. The highest BCUT2D eigenvalue weighted by Crippen LogP contribution is 2.18. The number of nitrogens with one attached hydrogen (secondary N) is 1. The van der Waals surface area contributed by atoms with Gasteiger partial charge in [0.05, 0.1) is 7.11 Å². The van der Waals surface area contributed by atoms with Gasteiger partial charge in [-0.05, 0) is 52.7 Å². The minimum absolute atomic E-state index is 0.447. The zero-order valence-corrected chi connectivity index (χ0v) is 14.5. The Morgan fingerprint density at radius 3 is 2.24 bits per heavy atom. The van der Waals surface area contributed by atoms with Crippen LogP contribution in [0.1, 0.15) is 40.2 Å². The molecule has 1 atom stereocenters. The van der Waals surface area contributed by atoms with Gasteiger partial charge in [-0.1, -0.05) is 18.2 Å². The summed E-state index contributed by atoms with van der Waals surface area (Å²) in [5.41, 5.74) is 1.27. The van der Waals surface area contributed by atoms with E-state index in [0.29, 0.717) is 18.1 Å². The van der Waals surface area contributed by atoms with Crippen LogP contribution in [0.15, 0.2) is 24.3 Å². The van der Waals surface area contributed by atoms with Crippen molar-refractivity contribution in [1.29, 1.82) is 0 Å². The molecule has 0 aromatic heterocycles. The second-order valence-corrected chi connectivity index (χ2v) is 6.30. The fourth-order valence-electron chi connectivity index (χ4n) is 2.83. The van der Waals surface area contributed by atoms with E-state index in [1.54, 1.807) is 7.11 Å². The van der Waals surface area contributed by atoms with E-state index in [4.69, 9.17) is 4.74 Å². The van der Waals surface area contributed by atoms with Gasteiger partial charge in [-0.15, -0.1) is 0 Å². The first-order valence-corrected chi connectivity index (χ1v) is 8.06. The van der Waals surface area contributed by atoms with Gasteiger partial charge in [-0.3, -0.25) is 4.90 Å². The molecule has 0 bridgehead atoms. The van der Waals surface area contributed by atoms with E-state index in [-0.39, 0.29) is 0 Å². The summed E-state index contributed by atoms with van der Waals surface area (Å²) >= 11 is 0. The van der Waals surface area contributed by atoms with E-state index in [2.05, 4.69) is 57.0 Å². The third-order valence-electron chi connectivity index (χ3n) is 3.91. The number of benzene rings is 1. The van der Waals surface area contributed by atoms with E-state index in [1.807, 2.05) is 12.1 Å². The average Bonchev–Trinajstić information content (AvgIpc) is 2.43. The molecule has 0 saturated carbocycles. The molecule has 0 saturated heterocycles. The van der Waals surface area contributed by atoms with Gasteiger partial charge in [0, 0.05) is 31.2 Å². The normalized spacial score (nSPS) is 13.2. The number of methoxy groups -OCH3 is 1. The van der Waals surface area contributed by atoms with Gasteiger partial charge in [0.15, 0.2) is 0 Å². The lowest BCUT2D eigenvalue weighted by Gasteiger charge is -2.31. The van der Waals surface area contributed by atoms with Crippen LogP contribution in [-0.2, 0) is 6.42 Å². The van der Waals surface area contributed by atoms with Gasteiger partial charge in [0.2, 0.25) is 0 Å². The summed E-state index contributed by atoms with van der Waals surface area (Å²) in [4.78, 5) is 2.52. The van der Waals surface area contributed by atoms with Crippen molar-refractivity contribution in [2.24, 2.45) is 0 Å². The maximum absolute atomic E-state index is 5.42. The van der Waals surface area contributed by atoms with Crippen LogP contribution in [0.4, 0.5) is 0 Å². The molecule has 1 rings (SSSR count). The number of nitrogens with zero attached hydrogens (tertiary/aromatic N) is 1. The third-order valence-corrected chi connectivity index (χ3v) is 3.91. The molecule has 1 aromatic carbocycles. The predicted octanol–water partition coefficient (Wildman–Crippen LogP) is 3.33. The SMILES string of the molecule is COc1ccccc1CC(C)NCCN(C(C)C)C(C)C. The maximum atomic E-state index is 5.42. The number of ether oxygens (including phenoxy) is 1. The molecular weight excluding hydrogens is 260 g/mol. The zero-order chi connectivity index (χ0) is 15.8. The molecule has 1 unspecified atom stereocenters. The van der Waals surface area contributed by atoms with Crippen LogP contribution in [0.2, 0.25) is 0 Å². The maximum Gasteiger partial charge on any atom is 0.122 e. The van der Waals surface area contributed by atoms with Gasteiger partial charge in [-0.25, -0.2) is 0 Å². The Labute approximate surface area is 130 Å². The molecule has 21 heavy (non-hydrogen) atoms. The Morgan fingerprint density at radius 1 is 1.05 bits per heavy atom. The molecule has 0 amide bonds. The van der Waals surface area contributed by atoms with Crippen LogP contribution in [0.25, 0.3) is 0 Å². The summed E-state index contributed by atoms with van der Waals surface area (Å²) < 4.78 is 5.42. The molecule has 0 radical (unpaired) electrons. The second kappa shape index (κ2) is 9.06. The van der Waals surface area contributed by atoms with Crippen LogP contribution < -0.4 is 10.1 Å². The van der Waals surface area contributed by atoms with E-state index in [1.165, 1.54) is 5.56 Å². The van der Waals surface area contributed by atoms with Crippen LogP contribution in [0.5, 0.6) is 5.75 Å². The van der Waals surface area contributed by atoms with E-state index < -0.39 is 0 Å². The van der Waals surface area contributed by atoms with Crippen molar-refractivity contribution in [3.8, 4) is 5.75 Å². The van der Waals surface area contributed by atoms with Crippen LogP contribution in [0.3, 0.4) is 0 Å². The molecule has 0 fully saturated rings. The van der Waals surface area contributed by atoms with Gasteiger partial charge in [-0.2, -0.15) is 0 Å². The van der Waals surface area contributed by atoms with Gasteiger partial charge >= 0.3 is 0 Å². The van der Waals surface area contributed by atoms with Crippen LogP contribution in [-0.4, -0.2) is 43.2 Å². The zero-order valence-electron chi connectivity index (χ0n) is 14.5. The largest absolute Gasteiger partial charge is 0.496 e. The average molecular weight is 292 g/mol. The third kappa shape index (κ3) is 6.06. The summed E-state index contributed by atoms with van der Waals surface area (Å²) in [6.45, 7) is 13.4. The molecule has 0 aliphatic carbocycles. The van der Waals surface area contributed by atoms with Crippen LogP contribution >= 0.6 is 0 Å². The number of rotatable bonds is 9. The molecule has 0 heterocycles. The second-order valence-electron chi connectivity index (χ2n) is 6.30. The van der Waals surface area contributed by atoms with Crippen molar-refractivity contribution in [2.45, 2.75) is 59.2 Å². The molecule has 3 nitrogen and oxygen atoms in total. The number of para-hydroxylation sites is 1. The van der Waals surface area contributed by atoms with E-state index in [9.17, 15) is 0 Å². The molecule has 0 spiro atoms. The summed E-state index contributed by atoms with van der Waals surface area (Å²) in [6, 6.07) is 9.90. The lowest BCUT2D eigenvalue weighted by Crippen LogP contribution is -2.43. The number of hydrogen-bond donors (Lipinski definition) is 1. The van der Waals surface area contributed by atoms with Gasteiger partial charge in [0.1, 0.15) is 5.75 Å². The molecule has 0 aliphatic heterocycles. The minimum atomic E-state index is 0.447. The lowest BCUT2D eigenvalue weighted by molar-refractivity contribution is 0.174. The number of hydrogen-bond acceptors (Lipinski definition) is 3. The Morgan fingerprint density at radius 2 is 1.67 bits per heavy atom. The van der Waals surface area contributed by atoms with Crippen molar-refractivity contribution < 1.29 is 4.74 Å². The molecule has 120 valence electrons. The lowest BCUT2D eigenvalue weighted by atomic mass is 10.1. The van der Waals surface area contributed by atoms with Gasteiger partial charge in [0.25, 0.3) is 0 Å². The molecule has 0 aliphatic rings. The Bertz CT molecular complexity index is 396. The first-order chi connectivity index (χ1) is 9.95. The molecular formula is C18H32N2O. The van der Waals surface area contributed by atoms with Crippen molar-refractivity contribution in [2.75, 3.05) is 20.2 Å². The van der Waals surface area contributed by atoms with Gasteiger partial charge < -0.3 is 10.1 Å². The summed E-state index contributed by atoms with van der Waals surface area (Å²) in [7, 11) is 1.74. The summed E-state index contributed by atoms with van der Waals surface area (Å²) in [6.07, 6.45) is 0.993. The molecule has 3 heteroatoms. The predicted molar refractivity (Wildman–Crippen MR) is 91.1 cm³/mol. The first kappa shape index (κ1) is 18.0. The highest BCUT2D eigenvalue weighted by atomic mass is 16.5. The van der Waals surface area contributed by atoms with Crippen molar-refractivity contribution in [3.05, 3.63) is 29.8 Å². The molecule has 1 aromatic rings. The fraction of sp³-hybridized carbons (Fsp3) is 0.667. The van der Waals surface area contributed by atoms with Crippen molar-refractivity contribution >= 4 is 0 Å². The molecule has 1 N–H and O–H groups in total.